The normalized spacial score (nSPS) is 15.8. The maximum atomic E-state index is 13.0. The van der Waals surface area contributed by atoms with Gasteiger partial charge in [0.1, 0.15) is 12.4 Å². The van der Waals surface area contributed by atoms with E-state index in [2.05, 4.69) is 16.3 Å². The van der Waals surface area contributed by atoms with E-state index >= 15 is 0 Å². The summed E-state index contributed by atoms with van der Waals surface area (Å²) in [5.74, 6) is 0.131. The predicted octanol–water partition coefficient (Wildman–Crippen LogP) is 4.28. The van der Waals surface area contributed by atoms with E-state index < -0.39 is 0 Å². The highest BCUT2D eigenvalue weighted by atomic mass is 16.5. The van der Waals surface area contributed by atoms with Gasteiger partial charge in [0.05, 0.1) is 6.04 Å². The minimum absolute atomic E-state index is 0.212. The molecule has 0 aliphatic carbocycles. The van der Waals surface area contributed by atoms with Gasteiger partial charge in [-0.05, 0) is 61.7 Å². The Labute approximate surface area is 194 Å². The fourth-order valence-electron chi connectivity index (χ4n) is 4.23. The summed E-state index contributed by atoms with van der Waals surface area (Å²) in [5.41, 5.74) is 10.0. The number of anilines is 1. The number of nitrogens with one attached hydrogen (secondary N) is 1. The van der Waals surface area contributed by atoms with Crippen LogP contribution in [0.3, 0.4) is 0 Å². The second kappa shape index (κ2) is 10.3. The summed E-state index contributed by atoms with van der Waals surface area (Å²) in [4.78, 5) is 26.8. The van der Waals surface area contributed by atoms with Crippen LogP contribution in [0.5, 0.6) is 5.75 Å². The highest BCUT2D eigenvalue weighted by Crippen LogP contribution is 2.24. The molecule has 6 nitrogen and oxygen atoms in total. The molecular formula is C27H29N3O3. The van der Waals surface area contributed by atoms with E-state index in [-0.39, 0.29) is 17.9 Å². The number of hydrogen-bond donors (Lipinski definition) is 2. The average molecular weight is 444 g/mol. The molecule has 1 fully saturated rings. The van der Waals surface area contributed by atoms with Crippen molar-refractivity contribution in [1.82, 2.24) is 4.90 Å². The van der Waals surface area contributed by atoms with Gasteiger partial charge in [-0.15, -0.1) is 0 Å². The van der Waals surface area contributed by atoms with E-state index in [9.17, 15) is 9.59 Å². The number of likely N-dealkylation sites (tertiary alicyclic amines) is 1. The predicted molar refractivity (Wildman–Crippen MR) is 129 cm³/mol. The van der Waals surface area contributed by atoms with Gasteiger partial charge in [-0.25, -0.2) is 0 Å². The van der Waals surface area contributed by atoms with Crippen molar-refractivity contribution in [3.05, 3.63) is 95.1 Å². The third-order valence-electron chi connectivity index (χ3n) is 5.92. The molecule has 2 amide bonds. The van der Waals surface area contributed by atoms with Gasteiger partial charge in [-0.2, -0.15) is 0 Å². The Hall–Kier alpha value is -3.64. The number of ether oxygens (including phenoxy) is 1. The number of hydrogen-bond acceptors (Lipinski definition) is 4. The Bertz CT molecular complexity index is 1140. The van der Waals surface area contributed by atoms with Crippen molar-refractivity contribution in [3.63, 3.8) is 0 Å². The first kappa shape index (κ1) is 22.6. The van der Waals surface area contributed by atoms with Crippen LogP contribution in [0.15, 0.2) is 72.8 Å². The van der Waals surface area contributed by atoms with E-state index in [4.69, 9.17) is 10.5 Å². The fraction of sp³-hybridized carbons (Fsp3) is 0.259. The van der Waals surface area contributed by atoms with Crippen LogP contribution in [0, 0.1) is 6.92 Å². The highest BCUT2D eigenvalue weighted by molar-refractivity contribution is 6.04. The molecule has 6 heteroatoms. The molecule has 0 bridgehead atoms. The van der Waals surface area contributed by atoms with E-state index in [0.29, 0.717) is 24.5 Å². The van der Waals surface area contributed by atoms with Crippen molar-refractivity contribution < 1.29 is 14.3 Å². The van der Waals surface area contributed by atoms with Crippen LogP contribution in [-0.2, 0) is 17.9 Å². The third kappa shape index (κ3) is 5.79. The van der Waals surface area contributed by atoms with Crippen LogP contribution >= 0.6 is 0 Å². The molecule has 1 aliphatic rings. The highest BCUT2D eigenvalue weighted by Gasteiger charge is 2.29. The van der Waals surface area contributed by atoms with E-state index in [1.54, 1.807) is 12.1 Å². The Morgan fingerprint density at radius 3 is 2.70 bits per heavy atom. The fourth-order valence-corrected chi connectivity index (χ4v) is 4.23. The molecule has 0 aromatic heterocycles. The van der Waals surface area contributed by atoms with Gasteiger partial charge in [-0.1, -0.05) is 54.1 Å². The van der Waals surface area contributed by atoms with Gasteiger partial charge < -0.3 is 15.8 Å². The van der Waals surface area contributed by atoms with E-state index in [1.807, 2.05) is 61.5 Å². The average Bonchev–Trinajstić information content (AvgIpc) is 3.28. The molecule has 1 saturated heterocycles. The van der Waals surface area contributed by atoms with E-state index in [0.717, 1.165) is 36.2 Å². The minimum atomic E-state index is -0.295. The second-order valence-corrected chi connectivity index (χ2v) is 8.45. The number of rotatable bonds is 8. The molecule has 1 atom stereocenters. The summed E-state index contributed by atoms with van der Waals surface area (Å²) in [6, 6.07) is 22.7. The molecule has 1 aliphatic heterocycles. The van der Waals surface area contributed by atoms with Crippen LogP contribution in [0.4, 0.5) is 5.69 Å². The van der Waals surface area contributed by atoms with Crippen LogP contribution < -0.4 is 15.8 Å². The molecule has 33 heavy (non-hydrogen) atoms. The number of amides is 2. The summed E-state index contributed by atoms with van der Waals surface area (Å²) in [7, 11) is 0. The van der Waals surface area contributed by atoms with Gasteiger partial charge in [-0.3, -0.25) is 14.5 Å². The lowest BCUT2D eigenvalue weighted by Crippen LogP contribution is -2.39. The Balaban J connectivity index is 1.43. The zero-order valence-electron chi connectivity index (χ0n) is 18.8. The SMILES string of the molecule is Cc1cccc(COc2cccc(C(=O)Nc3ccccc3CN3CCCC3C(N)=O)c2)c1. The zero-order valence-corrected chi connectivity index (χ0v) is 18.8. The topological polar surface area (TPSA) is 84.7 Å². The van der Waals surface area contributed by atoms with Crippen molar-refractivity contribution in [2.45, 2.75) is 39.0 Å². The molecule has 170 valence electrons. The first-order valence-electron chi connectivity index (χ1n) is 11.2. The van der Waals surface area contributed by atoms with Crippen molar-refractivity contribution in [3.8, 4) is 5.75 Å². The molecule has 1 unspecified atom stereocenters. The summed E-state index contributed by atoms with van der Waals surface area (Å²) >= 11 is 0. The molecule has 4 rings (SSSR count). The Morgan fingerprint density at radius 1 is 1.06 bits per heavy atom. The Morgan fingerprint density at radius 2 is 1.88 bits per heavy atom. The lowest BCUT2D eigenvalue weighted by atomic mass is 10.1. The van der Waals surface area contributed by atoms with Crippen LogP contribution in [-0.4, -0.2) is 29.3 Å². The molecular weight excluding hydrogens is 414 g/mol. The standard InChI is InChI=1S/C27H29N3O3/c1-19-7-4-8-20(15-19)18-33-23-11-5-10-21(16-23)27(32)29-24-12-3-2-9-22(24)17-30-14-6-13-25(30)26(28)31/h2-5,7-12,15-16,25H,6,13-14,17-18H2,1H3,(H2,28,31)(H,29,32). The van der Waals surface area contributed by atoms with Gasteiger partial charge in [0.2, 0.25) is 5.91 Å². The molecule has 0 saturated carbocycles. The monoisotopic (exact) mass is 443 g/mol. The molecule has 3 aromatic rings. The van der Waals surface area contributed by atoms with Crippen LogP contribution in [0.1, 0.15) is 39.9 Å². The molecule has 0 spiro atoms. The van der Waals surface area contributed by atoms with Gasteiger partial charge in [0.25, 0.3) is 5.91 Å². The van der Waals surface area contributed by atoms with Gasteiger partial charge in [0, 0.05) is 17.8 Å². The smallest absolute Gasteiger partial charge is 0.255 e. The molecule has 0 radical (unpaired) electrons. The lowest BCUT2D eigenvalue weighted by Gasteiger charge is -2.23. The summed E-state index contributed by atoms with van der Waals surface area (Å²) in [6.07, 6.45) is 1.72. The van der Waals surface area contributed by atoms with Crippen molar-refractivity contribution in [2.75, 3.05) is 11.9 Å². The Kier molecular flexibility index (Phi) is 7.05. The van der Waals surface area contributed by atoms with Crippen LogP contribution in [0.2, 0.25) is 0 Å². The largest absolute Gasteiger partial charge is 0.489 e. The lowest BCUT2D eigenvalue weighted by molar-refractivity contribution is -0.122. The van der Waals surface area contributed by atoms with Crippen LogP contribution in [0.25, 0.3) is 0 Å². The molecule has 3 aromatic carbocycles. The number of primary amides is 1. The number of benzene rings is 3. The summed E-state index contributed by atoms with van der Waals surface area (Å²) < 4.78 is 5.90. The quantitative estimate of drug-likeness (QED) is 0.544. The number of nitrogens with two attached hydrogens (primary N) is 1. The number of carbonyl (C=O) groups is 2. The number of carbonyl (C=O) groups excluding carboxylic acids is 2. The first-order chi connectivity index (χ1) is 16.0. The van der Waals surface area contributed by atoms with Crippen molar-refractivity contribution >= 4 is 17.5 Å². The molecule has 3 N–H and O–H groups in total. The van der Waals surface area contributed by atoms with Gasteiger partial charge in [0.15, 0.2) is 0 Å². The molecule has 1 heterocycles. The maximum Gasteiger partial charge on any atom is 0.255 e. The maximum absolute atomic E-state index is 13.0. The second-order valence-electron chi connectivity index (χ2n) is 8.45. The minimum Gasteiger partial charge on any atom is -0.489 e. The zero-order chi connectivity index (χ0) is 23.2. The summed E-state index contributed by atoms with van der Waals surface area (Å²) in [5, 5.41) is 3.02. The number of nitrogens with zero attached hydrogens (tertiary/aromatic N) is 1. The summed E-state index contributed by atoms with van der Waals surface area (Å²) in [6.45, 7) is 3.86. The van der Waals surface area contributed by atoms with Gasteiger partial charge >= 0.3 is 0 Å². The number of aryl methyl sites for hydroxylation is 1. The number of para-hydroxylation sites is 1. The first-order valence-corrected chi connectivity index (χ1v) is 11.2. The van der Waals surface area contributed by atoms with Crippen molar-refractivity contribution in [2.24, 2.45) is 5.73 Å². The van der Waals surface area contributed by atoms with Crippen molar-refractivity contribution in [1.29, 1.82) is 0 Å². The third-order valence-corrected chi connectivity index (χ3v) is 5.92. The van der Waals surface area contributed by atoms with E-state index in [1.165, 1.54) is 5.56 Å².